The van der Waals surface area contributed by atoms with Gasteiger partial charge in [-0.3, -0.25) is 0 Å². The Hall–Kier alpha value is -1.58. The molecule has 0 unspecified atom stereocenters. The summed E-state index contributed by atoms with van der Waals surface area (Å²) >= 11 is 12.1. The second-order valence-electron chi connectivity index (χ2n) is 4.45. The van der Waals surface area contributed by atoms with Crippen molar-refractivity contribution >= 4 is 28.9 Å². The molecule has 1 aliphatic rings. The summed E-state index contributed by atoms with van der Waals surface area (Å²) in [6, 6.07) is 11.2. The van der Waals surface area contributed by atoms with Crippen LogP contribution in [0.25, 0.3) is 0 Å². The van der Waals surface area contributed by atoms with Gasteiger partial charge in [-0.05, 0) is 35.9 Å². The predicted molar refractivity (Wildman–Crippen MR) is 81.2 cm³/mol. The second-order valence-corrected chi connectivity index (χ2v) is 5.29. The van der Waals surface area contributed by atoms with E-state index in [1.165, 1.54) is 0 Å². The van der Waals surface area contributed by atoms with Crippen molar-refractivity contribution in [3.05, 3.63) is 52.0 Å². The van der Waals surface area contributed by atoms with Crippen LogP contribution in [0.15, 0.2) is 36.4 Å². The summed E-state index contributed by atoms with van der Waals surface area (Å²) in [5.74, 6) is 1.54. The fourth-order valence-corrected chi connectivity index (χ4v) is 2.41. The standard InChI is InChI=1S/C15H13Cl2NO2/c16-11-1-3-13(17)10(7-11)9-18-12-2-4-14-15(8-12)20-6-5-19-14/h1-4,7-8,18H,5-6,9H2. The molecule has 0 amide bonds. The summed E-state index contributed by atoms with van der Waals surface area (Å²) in [7, 11) is 0. The molecule has 20 heavy (non-hydrogen) atoms. The molecule has 1 heterocycles. The van der Waals surface area contributed by atoms with E-state index in [0.717, 1.165) is 22.7 Å². The molecular weight excluding hydrogens is 297 g/mol. The minimum Gasteiger partial charge on any atom is -0.486 e. The highest BCUT2D eigenvalue weighted by atomic mass is 35.5. The fraction of sp³-hybridized carbons (Fsp3) is 0.200. The Balaban J connectivity index is 1.73. The molecule has 0 spiro atoms. The Morgan fingerprint density at radius 1 is 0.950 bits per heavy atom. The maximum atomic E-state index is 6.13. The Morgan fingerprint density at radius 2 is 1.75 bits per heavy atom. The van der Waals surface area contributed by atoms with Gasteiger partial charge in [-0.15, -0.1) is 0 Å². The van der Waals surface area contributed by atoms with Gasteiger partial charge in [0.2, 0.25) is 0 Å². The summed E-state index contributed by atoms with van der Waals surface area (Å²) < 4.78 is 11.0. The van der Waals surface area contributed by atoms with Crippen LogP contribution in [0.2, 0.25) is 10.0 Å². The van der Waals surface area contributed by atoms with Crippen molar-refractivity contribution < 1.29 is 9.47 Å². The summed E-state index contributed by atoms with van der Waals surface area (Å²) in [5, 5.41) is 4.67. The topological polar surface area (TPSA) is 30.5 Å². The summed E-state index contributed by atoms with van der Waals surface area (Å²) in [6.07, 6.45) is 0. The molecule has 5 heteroatoms. The van der Waals surface area contributed by atoms with Gasteiger partial charge in [-0.2, -0.15) is 0 Å². The number of fused-ring (bicyclic) bond motifs is 1. The van der Waals surface area contributed by atoms with Crippen molar-refractivity contribution in [1.29, 1.82) is 0 Å². The molecule has 104 valence electrons. The van der Waals surface area contributed by atoms with E-state index >= 15 is 0 Å². The first-order chi connectivity index (χ1) is 9.72. The van der Waals surface area contributed by atoms with Crippen molar-refractivity contribution in [2.24, 2.45) is 0 Å². The molecule has 0 atom stereocenters. The van der Waals surface area contributed by atoms with Crippen molar-refractivity contribution in [2.75, 3.05) is 18.5 Å². The van der Waals surface area contributed by atoms with Crippen LogP contribution < -0.4 is 14.8 Å². The SMILES string of the molecule is Clc1ccc(Cl)c(CNc2ccc3c(c2)OCCO3)c1. The van der Waals surface area contributed by atoms with E-state index in [1.54, 1.807) is 12.1 Å². The maximum Gasteiger partial charge on any atom is 0.163 e. The second kappa shape index (κ2) is 5.81. The van der Waals surface area contributed by atoms with Crippen LogP contribution in [-0.4, -0.2) is 13.2 Å². The van der Waals surface area contributed by atoms with Gasteiger partial charge in [0.25, 0.3) is 0 Å². The van der Waals surface area contributed by atoms with E-state index in [-0.39, 0.29) is 0 Å². The number of hydrogen-bond acceptors (Lipinski definition) is 3. The van der Waals surface area contributed by atoms with E-state index in [4.69, 9.17) is 32.7 Å². The number of rotatable bonds is 3. The number of benzene rings is 2. The van der Waals surface area contributed by atoms with E-state index in [0.29, 0.717) is 29.8 Å². The van der Waals surface area contributed by atoms with Gasteiger partial charge in [0, 0.05) is 28.3 Å². The molecule has 0 radical (unpaired) electrons. The van der Waals surface area contributed by atoms with Gasteiger partial charge in [-0.25, -0.2) is 0 Å². The first-order valence-electron chi connectivity index (χ1n) is 6.30. The van der Waals surface area contributed by atoms with Gasteiger partial charge in [0.1, 0.15) is 13.2 Å². The lowest BCUT2D eigenvalue weighted by atomic mass is 10.2. The van der Waals surface area contributed by atoms with Gasteiger partial charge in [0.15, 0.2) is 11.5 Å². The number of hydrogen-bond donors (Lipinski definition) is 1. The lowest BCUT2D eigenvalue weighted by Gasteiger charge is -2.19. The van der Waals surface area contributed by atoms with Gasteiger partial charge in [-0.1, -0.05) is 23.2 Å². The summed E-state index contributed by atoms with van der Waals surface area (Å²) in [4.78, 5) is 0. The zero-order valence-corrected chi connectivity index (χ0v) is 12.2. The fourth-order valence-electron chi connectivity index (χ4n) is 2.03. The monoisotopic (exact) mass is 309 g/mol. The lowest BCUT2D eigenvalue weighted by molar-refractivity contribution is 0.171. The summed E-state index contributed by atoms with van der Waals surface area (Å²) in [6.45, 7) is 1.77. The maximum absolute atomic E-state index is 6.13. The van der Waals surface area contributed by atoms with Crippen LogP contribution in [-0.2, 0) is 6.54 Å². The third-order valence-corrected chi connectivity index (χ3v) is 3.64. The average Bonchev–Trinajstić information content (AvgIpc) is 2.48. The van der Waals surface area contributed by atoms with E-state index in [2.05, 4.69) is 5.32 Å². The third kappa shape index (κ3) is 2.94. The molecule has 3 rings (SSSR count). The Labute approximate surface area is 127 Å². The minimum absolute atomic E-state index is 0.580. The Bertz CT molecular complexity index is 631. The van der Waals surface area contributed by atoms with Gasteiger partial charge >= 0.3 is 0 Å². The largest absolute Gasteiger partial charge is 0.486 e. The minimum atomic E-state index is 0.580. The molecule has 0 fully saturated rings. The molecule has 0 saturated heterocycles. The third-order valence-electron chi connectivity index (χ3n) is 3.03. The smallest absolute Gasteiger partial charge is 0.163 e. The van der Waals surface area contributed by atoms with Crippen LogP contribution in [0, 0.1) is 0 Å². The molecule has 3 nitrogen and oxygen atoms in total. The lowest BCUT2D eigenvalue weighted by Crippen LogP contribution is -2.15. The van der Waals surface area contributed by atoms with Crippen molar-refractivity contribution in [3.8, 4) is 11.5 Å². The van der Waals surface area contributed by atoms with Crippen LogP contribution in [0.4, 0.5) is 5.69 Å². The highest BCUT2D eigenvalue weighted by molar-refractivity contribution is 6.33. The molecule has 1 aliphatic heterocycles. The first-order valence-corrected chi connectivity index (χ1v) is 7.05. The van der Waals surface area contributed by atoms with E-state index in [1.807, 2.05) is 24.3 Å². The molecule has 0 bridgehead atoms. The van der Waals surface area contributed by atoms with Crippen LogP contribution in [0.1, 0.15) is 5.56 Å². The van der Waals surface area contributed by atoms with E-state index < -0.39 is 0 Å². The molecular formula is C15H13Cl2NO2. The molecule has 1 N–H and O–H groups in total. The number of anilines is 1. The molecule has 0 saturated carbocycles. The average molecular weight is 310 g/mol. The Kier molecular flexibility index (Phi) is 3.90. The predicted octanol–water partition coefficient (Wildman–Crippen LogP) is 4.38. The van der Waals surface area contributed by atoms with Crippen molar-refractivity contribution in [2.45, 2.75) is 6.54 Å². The highest BCUT2D eigenvalue weighted by Crippen LogP contribution is 2.33. The van der Waals surface area contributed by atoms with Gasteiger partial charge < -0.3 is 14.8 Å². The number of ether oxygens (including phenoxy) is 2. The number of nitrogens with one attached hydrogen (secondary N) is 1. The zero-order valence-electron chi connectivity index (χ0n) is 10.7. The highest BCUT2D eigenvalue weighted by Gasteiger charge is 2.11. The molecule has 0 aliphatic carbocycles. The quantitative estimate of drug-likeness (QED) is 0.913. The van der Waals surface area contributed by atoms with Crippen molar-refractivity contribution in [1.82, 2.24) is 0 Å². The van der Waals surface area contributed by atoms with Crippen LogP contribution in [0.3, 0.4) is 0 Å². The molecule has 0 aromatic heterocycles. The molecule has 2 aromatic rings. The van der Waals surface area contributed by atoms with Crippen molar-refractivity contribution in [3.63, 3.8) is 0 Å². The summed E-state index contributed by atoms with van der Waals surface area (Å²) in [5.41, 5.74) is 1.90. The zero-order chi connectivity index (χ0) is 13.9. The number of halogens is 2. The van der Waals surface area contributed by atoms with E-state index in [9.17, 15) is 0 Å². The first kappa shape index (κ1) is 13.4. The van der Waals surface area contributed by atoms with Crippen LogP contribution >= 0.6 is 23.2 Å². The normalized spacial score (nSPS) is 13.1. The van der Waals surface area contributed by atoms with Crippen LogP contribution in [0.5, 0.6) is 11.5 Å². The van der Waals surface area contributed by atoms with Gasteiger partial charge in [0.05, 0.1) is 0 Å². The Morgan fingerprint density at radius 3 is 2.60 bits per heavy atom. The molecule has 2 aromatic carbocycles.